The Kier molecular flexibility index (Phi) is 10.6. The molecule has 0 saturated carbocycles. The lowest BCUT2D eigenvalue weighted by Crippen LogP contribution is -2.10. The molecule has 0 unspecified atom stereocenters. The monoisotopic (exact) mass is 828 g/mol. The highest BCUT2D eigenvalue weighted by molar-refractivity contribution is 6.12. The molecule has 10 rings (SSSR count). The molecule has 9 aromatic carbocycles. The van der Waals surface area contributed by atoms with E-state index >= 15 is 0 Å². The summed E-state index contributed by atoms with van der Waals surface area (Å²) in [5.41, 5.74) is 20.7. The minimum Gasteiger partial charge on any atom is -0.310 e. The first-order chi connectivity index (χ1) is 31.2. The maximum Gasteiger partial charge on any atom is 0.0542 e. The van der Waals surface area contributed by atoms with E-state index in [1.165, 1.54) is 44.2 Å². The third-order valence-corrected chi connectivity index (χ3v) is 12.3. The van der Waals surface area contributed by atoms with Crippen LogP contribution >= 0.6 is 0 Å². The first-order valence-electron chi connectivity index (χ1n) is 22.2. The number of hydrogen-bond donors (Lipinski definition) is 0. The number of aryl methyl sites for hydroxylation is 6. The van der Waals surface area contributed by atoms with Gasteiger partial charge >= 0.3 is 0 Å². The minimum absolute atomic E-state index is 1.09. The molecule has 10 aromatic rings. The molecule has 4 heteroatoms. The van der Waals surface area contributed by atoms with E-state index < -0.39 is 0 Å². The third-order valence-electron chi connectivity index (χ3n) is 12.3. The topological polar surface area (TPSA) is 14.7 Å². The maximum absolute atomic E-state index is 2.44. The van der Waals surface area contributed by atoms with Crippen LogP contribution in [-0.4, -0.2) is 4.57 Å². The molecule has 0 aliphatic rings. The van der Waals surface area contributed by atoms with E-state index in [4.69, 9.17) is 0 Å². The molecular weight excluding hydrogens is 777 g/mol. The Morgan fingerprint density at radius 1 is 0.250 bits per heavy atom. The number of aromatic nitrogens is 1. The number of rotatable bonds is 10. The van der Waals surface area contributed by atoms with Crippen LogP contribution in [0.15, 0.2) is 206 Å². The first kappa shape index (κ1) is 40.3. The van der Waals surface area contributed by atoms with Crippen molar-refractivity contribution in [1.29, 1.82) is 0 Å². The lowest BCUT2D eigenvalue weighted by atomic mass is 10.1. The van der Waals surface area contributed by atoms with E-state index in [1.807, 2.05) is 0 Å². The van der Waals surface area contributed by atoms with Crippen LogP contribution in [0.1, 0.15) is 33.4 Å². The van der Waals surface area contributed by atoms with E-state index in [0.717, 1.165) is 67.9 Å². The van der Waals surface area contributed by atoms with Gasteiger partial charge in [-0.15, -0.1) is 0 Å². The quantitative estimate of drug-likeness (QED) is 0.136. The standard InChI is InChI=1S/C60H52N4/c1-41-10-22-47(23-11-41)61(48-24-12-42(2)13-25-48)53-8-7-9-54(38-53)64-59-36-34-55(62(49-26-14-43(3)15-27-49)50-28-16-44(4)17-29-50)39-57(59)58-40-56(35-37-60(58)64)63(51-30-18-45(5)19-31-51)52-32-20-46(6)21-33-52/h7-40H,1-6H3. The average molecular weight is 829 g/mol. The molecule has 312 valence electrons. The van der Waals surface area contributed by atoms with Gasteiger partial charge in [-0.25, -0.2) is 0 Å². The highest BCUT2D eigenvalue weighted by Crippen LogP contribution is 2.44. The second kappa shape index (κ2) is 16.8. The van der Waals surface area contributed by atoms with Crippen molar-refractivity contribution in [3.63, 3.8) is 0 Å². The summed E-state index contributed by atoms with van der Waals surface area (Å²) in [6, 6.07) is 75.9. The third kappa shape index (κ3) is 7.80. The predicted octanol–water partition coefficient (Wildman–Crippen LogP) is 17.0. The Labute approximate surface area is 377 Å². The number of benzene rings is 9. The lowest BCUT2D eigenvalue weighted by Gasteiger charge is -2.26. The molecule has 0 aliphatic carbocycles. The predicted molar refractivity (Wildman–Crippen MR) is 273 cm³/mol. The van der Waals surface area contributed by atoms with Gasteiger partial charge in [-0.1, -0.05) is 112 Å². The SMILES string of the molecule is Cc1ccc(N(c2ccc(C)cc2)c2cccc(-n3c4ccc(N(c5ccc(C)cc5)c5ccc(C)cc5)cc4c4cc(N(c5ccc(C)cc5)c5ccc(C)cc5)ccc43)c2)cc1. The van der Waals surface area contributed by atoms with Gasteiger partial charge in [0.25, 0.3) is 0 Å². The summed E-state index contributed by atoms with van der Waals surface area (Å²) in [4.78, 5) is 7.10. The largest absolute Gasteiger partial charge is 0.310 e. The van der Waals surface area contributed by atoms with Gasteiger partial charge in [0.2, 0.25) is 0 Å². The highest BCUT2D eigenvalue weighted by Gasteiger charge is 2.21. The Morgan fingerprint density at radius 3 is 0.781 bits per heavy atom. The van der Waals surface area contributed by atoms with Gasteiger partial charge in [0, 0.05) is 67.6 Å². The van der Waals surface area contributed by atoms with Crippen LogP contribution < -0.4 is 14.7 Å². The van der Waals surface area contributed by atoms with Crippen LogP contribution in [0, 0.1) is 41.5 Å². The van der Waals surface area contributed by atoms with Crippen molar-refractivity contribution in [3.8, 4) is 5.69 Å². The zero-order valence-corrected chi connectivity index (χ0v) is 37.4. The summed E-state index contributed by atoms with van der Waals surface area (Å²) in [5.74, 6) is 0. The molecule has 0 amide bonds. The summed E-state index contributed by atoms with van der Waals surface area (Å²) in [6.45, 7) is 12.9. The van der Waals surface area contributed by atoms with Gasteiger partial charge in [0.15, 0.2) is 0 Å². The zero-order chi connectivity index (χ0) is 43.9. The Hall–Kier alpha value is -7.82. The van der Waals surface area contributed by atoms with Gasteiger partial charge < -0.3 is 19.3 Å². The first-order valence-corrected chi connectivity index (χ1v) is 22.2. The summed E-state index contributed by atoms with van der Waals surface area (Å²) < 4.78 is 2.44. The van der Waals surface area contributed by atoms with Crippen LogP contribution in [0.2, 0.25) is 0 Å². The Morgan fingerprint density at radius 2 is 0.500 bits per heavy atom. The summed E-state index contributed by atoms with van der Waals surface area (Å²) >= 11 is 0. The van der Waals surface area contributed by atoms with E-state index in [9.17, 15) is 0 Å². The fraction of sp³-hybridized carbons (Fsp3) is 0.100. The van der Waals surface area contributed by atoms with Crippen molar-refractivity contribution in [1.82, 2.24) is 4.57 Å². The Balaban J connectivity index is 1.21. The number of anilines is 9. The number of fused-ring (bicyclic) bond motifs is 3. The van der Waals surface area contributed by atoms with E-state index in [2.05, 4.69) is 267 Å². The van der Waals surface area contributed by atoms with Gasteiger partial charge in [-0.05, 0) is 169 Å². The minimum atomic E-state index is 1.09. The van der Waals surface area contributed by atoms with E-state index in [0.29, 0.717) is 0 Å². The molecular formula is C60H52N4. The lowest BCUT2D eigenvalue weighted by molar-refractivity contribution is 1.17. The molecule has 0 N–H and O–H groups in total. The molecule has 0 fully saturated rings. The van der Waals surface area contributed by atoms with Crippen molar-refractivity contribution in [2.45, 2.75) is 41.5 Å². The number of hydrogen-bond acceptors (Lipinski definition) is 3. The Bertz CT molecular complexity index is 2950. The summed E-state index contributed by atoms with van der Waals surface area (Å²) in [7, 11) is 0. The van der Waals surface area contributed by atoms with Crippen LogP contribution in [-0.2, 0) is 0 Å². The van der Waals surface area contributed by atoms with Gasteiger partial charge in [-0.3, -0.25) is 0 Å². The molecule has 0 saturated heterocycles. The number of nitrogens with zero attached hydrogens (tertiary/aromatic N) is 4. The van der Waals surface area contributed by atoms with Crippen molar-refractivity contribution < 1.29 is 0 Å². The van der Waals surface area contributed by atoms with Crippen LogP contribution in [0.25, 0.3) is 27.5 Å². The van der Waals surface area contributed by atoms with Crippen molar-refractivity contribution >= 4 is 73.0 Å². The van der Waals surface area contributed by atoms with Crippen LogP contribution in [0.4, 0.5) is 51.2 Å². The van der Waals surface area contributed by atoms with Crippen molar-refractivity contribution in [2.75, 3.05) is 14.7 Å². The van der Waals surface area contributed by atoms with Gasteiger partial charge in [0.05, 0.1) is 11.0 Å². The maximum atomic E-state index is 2.44. The van der Waals surface area contributed by atoms with Crippen LogP contribution in [0.5, 0.6) is 0 Å². The van der Waals surface area contributed by atoms with Crippen molar-refractivity contribution in [2.24, 2.45) is 0 Å². The highest BCUT2D eigenvalue weighted by atomic mass is 15.2. The van der Waals surface area contributed by atoms with Gasteiger partial charge in [0.1, 0.15) is 0 Å². The average Bonchev–Trinajstić information content (AvgIpc) is 3.64. The molecule has 0 radical (unpaired) electrons. The second-order valence-electron chi connectivity index (χ2n) is 17.3. The molecule has 0 atom stereocenters. The molecule has 4 nitrogen and oxygen atoms in total. The molecule has 64 heavy (non-hydrogen) atoms. The van der Waals surface area contributed by atoms with E-state index in [-0.39, 0.29) is 0 Å². The fourth-order valence-electron chi connectivity index (χ4n) is 8.83. The van der Waals surface area contributed by atoms with Crippen LogP contribution in [0.3, 0.4) is 0 Å². The van der Waals surface area contributed by atoms with Crippen molar-refractivity contribution in [3.05, 3.63) is 240 Å². The molecule has 0 spiro atoms. The molecule has 1 heterocycles. The van der Waals surface area contributed by atoms with E-state index in [1.54, 1.807) is 0 Å². The molecule has 1 aromatic heterocycles. The summed E-state index contributed by atoms with van der Waals surface area (Å²) in [6.07, 6.45) is 0. The zero-order valence-electron chi connectivity index (χ0n) is 37.4. The molecule has 0 bridgehead atoms. The second-order valence-corrected chi connectivity index (χ2v) is 17.3. The van der Waals surface area contributed by atoms with Gasteiger partial charge in [-0.2, -0.15) is 0 Å². The normalized spacial score (nSPS) is 11.3. The smallest absolute Gasteiger partial charge is 0.0542 e. The fourth-order valence-corrected chi connectivity index (χ4v) is 8.83. The summed E-state index contributed by atoms with van der Waals surface area (Å²) in [5, 5.41) is 2.34. The molecule has 0 aliphatic heterocycles.